The molecule has 1 N–H and O–H groups in total. The van der Waals surface area contributed by atoms with Crippen molar-refractivity contribution in [2.45, 2.75) is 6.54 Å². The number of nitrogens with zero attached hydrogens (tertiary/aromatic N) is 2. The molecule has 0 saturated heterocycles. The fraction of sp³-hybridized carbons (Fsp3) is 0.0714. The van der Waals surface area contributed by atoms with E-state index in [1.165, 1.54) is 12.1 Å². The van der Waals surface area contributed by atoms with Gasteiger partial charge < -0.3 is 5.32 Å². The van der Waals surface area contributed by atoms with Crippen LogP contribution >= 0.6 is 0 Å². The molecule has 2 aromatic rings. The number of rotatable bonds is 4. The maximum Gasteiger partial charge on any atom is 0.292 e. The lowest BCUT2D eigenvalue weighted by molar-refractivity contribution is -0.384. The van der Waals surface area contributed by atoms with Crippen LogP contribution in [0.4, 0.5) is 20.2 Å². The summed E-state index contributed by atoms with van der Waals surface area (Å²) in [4.78, 5) is 10.2. The highest BCUT2D eigenvalue weighted by Gasteiger charge is 2.14. The Labute approximate surface area is 118 Å². The monoisotopic (exact) mass is 289 g/mol. The zero-order chi connectivity index (χ0) is 15.4. The quantitative estimate of drug-likeness (QED) is 0.691. The van der Waals surface area contributed by atoms with Crippen LogP contribution in [-0.4, -0.2) is 4.92 Å². The van der Waals surface area contributed by atoms with Crippen LogP contribution in [0, 0.1) is 33.1 Å². The van der Waals surface area contributed by atoms with Crippen LogP contribution in [0.5, 0.6) is 0 Å². The molecule has 7 heteroatoms. The molecule has 0 amide bonds. The number of halogens is 2. The van der Waals surface area contributed by atoms with Gasteiger partial charge in [0.2, 0.25) is 0 Å². The van der Waals surface area contributed by atoms with Gasteiger partial charge in [0, 0.05) is 18.7 Å². The molecular formula is C14H9F2N3O2. The van der Waals surface area contributed by atoms with Crippen LogP contribution in [0.25, 0.3) is 0 Å². The van der Waals surface area contributed by atoms with E-state index < -0.39 is 16.6 Å². The second-order valence-electron chi connectivity index (χ2n) is 4.20. The summed E-state index contributed by atoms with van der Waals surface area (Å²) in [6.07, 6.45) is 0. The summed E-state index contributed by atoms with van der Waals surface area (Å²) < 4.78 is 26.3. The molecule has 0 atom stereocenters. The highest BCUT2D eigenvalue weighted by Crippen LogP contribution is 2.25. The Morgan fingerprint density at radius 1 is 1.24 bits per heavy atom. The molecule has 106 valence electrons. The Morgan fingerprint density at radius 2 is 2.00 bits per heavy atom. The third-order valence-electron chi connectivity index (χ3n) is 2.79. The summed E-state index contributed by atoms with van der Waals surface area (Å²) in [6, 6.07) is 8.66. The van der Waals surface area contributed by atoms with Crippen LogP contribution in [0.2, 0.25) is 0 Å². The third kappa shape index (κ3) is 3.30. The van der Waals surface area contributed by atoms with Gasteiger partial charge in [-0.05, 0) is 23.8 Å². The van der Waals surface area contributed by atoms with Crippen LogP contribution in [0.1, 0.15) is 11.1 Å². The lowest BCUT2D eigenvalue weighted by Crippen LogP contribution is -2.03. The first-order valence-electron chi connectivity index (χ1n) is 5.87. The number of nitriles is 1. The Hall–Kier alpha value is -3.01. The molecule has 0 aromatic heterocycles. The molecule has 0 radical (unpaired) electrons. The van der Waals surface area contributed by atoms with Crippen LogP contribution < -0.4 is 5.32 Å². The zero-order valence-electron chi connectivity index (χ0n) is 10.6. The molecule has 0 aliphatic carbocycles. The molecule has 0 fully saturated rings. The normalized spacial score (nSPS) is 9.95. The summed E-state index contributed by atoms with van der Waals surface area (Å²) in [5, 5.41) is 22.3. The van der Waals surface area contributed by atoms with Crippen molar-refractivity contribution in [2.75, 3.05) is 5.32 Å². The molecule has 5 nitrogen and oxygen atoms in total. The summed E-state index contributed by atoms with van der Waals surface area (Å²) >= 11 is 0. The van der Waals surface area contributed by atoms with Gasteiger partial charge in [-0.15, -0.1) is 0 Å². The molecule has 21 heavy (non-hydrogen) atoms. The highest BCUT2D eigenvalue weighted by atomic mass is 19.1. The zero-order valence-corrected chi connectivity index (χ0v) is 10.6. The van der Waals surface area contributed by atoms with Gasteiger partial charge in [0.25, 0.3) is 5.69 Å². The van der Waals surface area contributed by atoms with Gasteiger partial charge in [-0.25, -0.2) is 8.78 Å². The minimum atomic E-state index is -0.641. The number of hydrogen-bond donors (Lipinski definition) is 1. The molecule has 0 saturated carbocycles. The fourth-order valence-electron chi connectivity index (χ4n) is 1.77. The van der Waals surface area contributed by atoms with Crippen LogP contribution in [0.15, 0.2) is 36.4 Å². The largest absolute Gasteiger partial charge is 0.375 e. The molecule has 0 unspecified atom stereocenters. The lowest BCUT2D eigenvalue weighted by Gasteiger charge is -2.08. The van der Waals surface area contributed by atoms with E-state index in [4.69, 9.17) is 5.26 Å². The van der Waals surface area contributed by atoms with Gasteiger partial charge in [0.05, 0.1) is 10.5 Å². The maximum absolute atomic E-state index is 13.2. The first-order chi connectivity index (χ1) is 10.0. The van der Waals surface area contributed by atoms with E-state index in [-0.39, 0.29) is 23.5 Å². The summed E-state index contributed by atoms with van der Waals surface area (Å²) in [7, 11) is 0. The SMILES string of the molecule is N#Cc1cc(CNc2cc(F)ccc2[N+](=O)[O-])ccc1F. The van der Waals surface area contributed by atoms with E-state index in [0.29, 0.717) is 5.56 Å². The van der Waals surface area contributed by atoms with Crippen molar-refractivity contribution in [2.24, 2.45) is 0 Å². The molecule has 0 spiro atoms. The fourth-order valence-corrected chi connectivity index (χ4v) is 1.77. The van der Waals surface area contributed by atoms with Gasteiger partial charge >= 0.3 is 0 Å². The molecule has 2 aromatic carbocycles. The molecule has 0 aliphatic rings. The second-order valence-corrected chi connectivity index (χ2v) is 4.20. The van der Waals surface area contributed by atoms with Crippen molar-refractivity contribution in [3.8, 4) is 6.07 Å². The standard InChI is InChI=1S/C14H9F2N3O2/c15-11-2-4-14(19(20)21)13(6-11)18-8-9-1-3-12(16)10(5-9)7-17/h1-6,18H,8H2. The Bertz CT molecular complexity index is 741. The number of nitro groups is 1. The average molecular weight is 289 g/mol. The summed E-state index contributed by atoms with van der Waals surface area (Å²) in [5.41, 5.74) is 0.177. The highest BCUT2D eigenvalue weighted by molar-refractivity contribution is 5.61. The Kier molecular flexibility index (Phi) is 4.09. The van der Waals surface area contributed by atoms with E-state index in [1.54, 1.807) is 6.07 Å². The van der Waals surface area contributed by atoms with Crippen LogP contribution in [0.3, 0.4) is 0 Å². The first-order valence-corrected chi connectivity index (χ1v) is 5.87. The number of anilines is 1. The van der Waals surface area contributed by atoms with E-state index in [0.717, 1.165) is 24.3 Å². The van der Waals surface area contributed by atoms with Crippen molar-refractivity contribution in [1.29, 1.82) is 5.26 Å². The first kappa shape index (κ1) is 14.4. The maximum atomic E-state index is 13.2. The second kappa shape index (κ2) is 5.96. The third-order valence-corrected chi connectivity index (χ3v) is 2.79. The molecule has 2 rings (SSSR count). The van der Waals surface area contributed by atoms with Gasteiger partial charge in [0.1, 0.15) is 23.4 Å². The van der Waals surface area contributed by atoms with Gasteiger partial charge in [-0.2, -0.15) is 5.26 Å². The van der Waals surface area contributed by atoms with E-state index in [1.807, 2.05) is 0 Å². The molecular weight excluding hydrogens is 280 g/mol. The molecule has 0 bridgehead atoms. The number of nitrogens with one attached hydrogen (secondary N) is 1. The topological polar surface area (TPSA) is 79.0 Å². The minimum Gasteiger partial charge on any atom is -0.375 e. The summed E-state index contributed by atoms with van der Waals surface area (Å²) in [6.45, 7) is 0.0965. The predicted octanol–water partition coefficient (Wildman–Crippen LogP) is 3.36. The van der Waals surface area contributed by atoms with Gasteiger partial charge in [-0.3, -0.25) is 10.1 Å². The van der Waals surface area contributed by atoms with Crippen molar-refractivity contribution in [1.82, 2.24) is 0 Å². The van der Waals surface area contributed by atoms with E-state index in [2.05, 4.69) is 5.32 Å². The Morgan fingerprint density at radius 3 is 2.67 bits per heavy atom. The van der Waals surface area contributed by atoms with Crippen molar-refractivity contribution >= 4 is 11.4 Å². The number of hydrogen-bond acceptors (Lipinski definition) is 4. The molecule has 0 aliphatic heterocycles. The smallest absolute Gasteiger partial charge is 0.292 e. The van der Waals surface area contributed by atoms with E-state index >= 15 is 0 Å². The van der Waals surface area contributed by atoms with Crippen molar-refractivity contribution in [3.05, 3.63) is 69.3 Å². The predicted molar refractivity (Wildman–Crippen MR) is 71.5 cm³/mol. The Balaban J connectivity index is 2.22. The molecule has 0 heterocycles. The average Bonchev–Trinajstić information content (AvgIpc) is 2.46. The van der Waals surface area contributed by atoms with Gasteiger partial charge in [0.15, 0.2) is 0 Å². The van der Waals surface area contributed by atoms with Crippen molar-refractivity contribution in [3.63, 3.8) is 0 Å². The number of nitro benzene ring substituents is 1. The van der Waals surface area contributed by atoms with E-state index in [9.17, 15) is 18.9 Å². The lowest BCUT2D eigenvalue weighted by atomic mass is 10.1. The van der Waals surface area contributed by atoms with Crippen LogP contribution in [-0.2, 0) is 6.54 Å². The summed E-state index contributed by atoms with van der Waals surface area (Å²) in [5.74, 6) is -1.25. The van der Waals surface area contributed by atoms with Crippen molar-refractivity contribution < 1.29 is 13.7 Å². The minimum absolute atomic E-state index is 0.0165. The number of benzene rings is 2. The van der Waals surface area contributed by atoms with Gasteiger partial charge in [-0.1, -0.05) is 6.07 Å².